The lowest BCUT2D eigenvalue weighted by Crippen LogP contribution is -2.26. The Kier molecular flexibility index (Phi) is 2.48. The molecule has 0 bridgehead atoms. The zero-order valence-electron chi connectivity index (χ0n) is 9.93. The van der Waals surface area contributed by atoms with Crippen LogP contribution in [0.25, 0.3) is 11.1 Å². The topological polar surface area (TPSA) is 51.2 Å². The molecule has 18 heavy (non-hydrogen) atoms. The summed E-state index contributed by atoms with van der Waals surface area (Å²) in [5, 5.41) is 2.68. The lowest BCUT2D eigenvalue weighted by molar-refractivity contribution is -0.118. The molecule has 0 unspecified atom stereocenters. The van der Waals surface area contributed by atoms with Crippen LogP contribution in [0.1, 0.15) is 5.56 Å². The Morgan fingerprint density at radius 1 is 1.33 bits per heavy atom. The van der Waals surface area contributed by atoms with Crippen molar-refractivity contribution in [2.45, 2.75) is 6.92 Å². The predicted molar refractivity (Wildman–Crippen MR) is 68.5 cm³/mol. The predicted octanol–water partition coefficient (Wildman–Crippen LogP) is 2.39. The number of fused-ring (bicyclic) bond motifs is 1. The maximum absolute atomic E-state index is 11.2. The first-order valence-corrected chi connectivity index (χ1v) is 5.73. The van der Waals surface area contributed by atoms with Crippen LogP contribution in [0.2, 0.25) is 0 Å². The first-order chi connectivity index (χ1) is 8.74. The molecular formula is C14H12N2O2. The quantitative estimate of drug-likeness (QED) is 0.832. The highest BCUT2D eigenvalue weighted by Gasteiger charge is 2.17. The first kappa shape index (κ1) is 10.8. The van der Waals surface area contributed by atoms with E-state index in [-0.39, 0.29) is 12.5 Å². The molecule has 1 aliphatic heterocycles. The van der Waals surface area contributed by atoms with Crippen LogP contribution in [-0.4, -0.2) is 17.5 Å². The molecule has 0 saturated heterocycles. The van der Waals surface area contributed by atoms with Gasteiger partial charge in [-0.15, -0.1) is 0 Å². The van der Waals surface area contributed by atoms with Crippen molar-refractivity contribution in [1.29, 1.82) is 0 Å². The van der Waals surface area contributed by atoms with Gasteiger partial charge in [-0.25, -0.2) is 4.98 Å². The van der Waals surface area contributed by atoms with Crippen molar-refractivity contribution >= 4 is 11.7 Å². The van der Waals surface area contributed by atoms with Crippen LogP contribution in [-0.2, 0) is 4.79 Å². The van der Waals surface area contributed by atoms with Crippen molar-refractivity contribution < 1.29 is 9.53 Å². The molecular weight excluding hydrogens is 228 g/mol. The number of hydrogen-bond donors (Lipinski definition) is 1. The van der Waals surface area contributed by atoms with Crippen LogP contribution >= 0.6 is 0 Å². The number of carbonyl (C=O) groups is 1. The number of benzene rings is 1. The van der Waals surface area contributed by atoms with Gasteiger partial charge in [0.25, 0.3) is 5.91 Å². The molecule has 4 nitrogen and oxygen atoms in total. The highest BCUT2D eigenvalue weighted by Crippen LogP contribution is 2.31. The number of hydrogen-bond acceptors (Lipinski definition) is 3. The van der Waals surface area contributed by atoms with Crippen LogP contribution in [0.3, 0.4) is 0 Å². The minimum absolute atomic E-state index is 0.0475. The summed E-state index contributed by atoms with van der Waals surface area (Å²) >= 11 is 0. The fourth-order valence-corrected chi connectivity index (χ4v) is 2.00. The number of rotatable bonds is 1. The highest BCUT2D eigenvalue weighted by molar-refractivity contribution is 5.94. The normalized spacial score (nSPS) is 13.5. The van der Waals surface area contributed by atoms with E-state index < -0.39 is 0 Å². The van der Waals surface area contributed by atoms with Gasteiger partial charge in [0.05, 0.1) is 0 Å². The molecule has 1 amide bonds. The van der Waals surface area contributed by atoms with Crippen molar-refractivity contribution in [3.8, 4) is 16.9 Å². The molecule has 0 spiro atoms. The van der Waals surface area contributed by atoms with E-state index in [0.717, 1.165) is 11.1 Å². The average Bonchev–Trinajstić information content (AvgIpc) is 2.39. The molecule has 4 heteroatoms. The van der Waals surface area contributed by atoms with Crippen LogP contribution in [0, 0.1) is 6.92 Å². The summed E-state index contributed by atoms with van der Waals surface area (Å²) in [6.45, 7) is 2.10. The fraction of sp³-hybridized carbons (Fsp3) is 0.143. The van der Waals surface area contributed by atoms with Crippen LogP contribution in [0.5, 0.6) is 5.75 Å². The number of nitrogens with zero attached hydrogens (tertiary/aromatic N) is 1. The summed E-state index contributed by atoms with van der Waals surface area (Å²) < 4.78 is 5.36. The number of carbonyl (C=O) groups excluding carboxylic acids is 1. The second kappa shape index (κ2) is 4.14. The van der Waals surface area contributed by atoms with Crippen molar-refractivity contribution in [3.05, 3.63) is 42.1 Å². The van der Waals surface area contributed by atoms with E-state index in [0.29, 0.717) is 11.6 Å². The summed E-state index contributed by atoms with van der Waals surface area (Å²) in [5.74, 6) is 0.942. The molecule has 0 radical (unpaired) electrons. The monoisotopic (exact) mass is 240 g/mol. The Hall–Kier alpha value is -2.36. The molecule has 1 aromatic heterocycles. The van der Waals surface area contributed by atoms with Gasteiger partial charge in [-0.05, 0) is 24.1 Å². The Labute approximate surface area is 105 Å². The molecule has 1 aliphatic rings. The van der Waals surface area contributed by atoms with Gasteiger partial charge in [-0.2, -0.15) is 0 Å². The van der Waals surface area contributed by atoms with Gasteiger partial charge in [0.2, 0.25) is 0 Å². The minimum atomic E-state index is -0.168. The number of ether oxygens (including phenoxy) is 1. The Morgan fingerprint density at radius 3 is 3.00 bits per heavy atom. The maximum atomic E-state index is 11.2. The number of amides is 1. The summed E-state index contributed by atoms with van der Waals surface area (Å²) in [7, 11) is 0. The zero-order valence-corrected chi connectivity index (χ0v) is 9.93. The molecule has 2 aromatic rings. The van der Waals surface area contributed by atoms with Crippen LogP contribution in [0.15, 0.2) is 36.5 Å². The Morgan fingerprint density at radius 2 is 2.17 bits per heavy atom. The third kappa shape index (κ3) is 1.82. The maximum Gasteiger partial charge on any atom is 0.263 e. The van der Waals surface area contributed by atoms with Gasteiger partial charge in [0, 0.05) is 11.8 Å². The SMILES string of the molecule is Cc1ccccc1-c1cnc2c(c1)OCC(=O)N2. The van der Waals surface area contributed by atoms with E-state index >= 15 is 0 Å². The molecule has 0 saturated carbocycles. The number of aryl methyl sites for hydroxylation is 1. The van der Waals surface area contributed by atoms with Gasteiger partial charge in [0.1, 0.15) is 0 Å². The Balaban J connectivity index is 2.05. The minimum Gasteiger partial charge on any atom is -0.480 e. The fourth-order valence-electron chi connectivity index (χ4n) is 2.00. The molecule has 90 valence electrons. The second-order valence-electron chi connectivity index (χ2n) is 4.22. The standard InChI is InChI=1S/C14H12N2O2/c1-9-4-2-3-5-11(9)10-6-12-14(15-7-10)16-13(17)8-18-12/h2-7H,8H2,1H3,(H,15,16,17). The first-order valence-electron chi connectivity index (χ1n) is 5.73. The molecule has 1 aromatic carbocycles. The molecule has 0 fully saturated rings. The van der Waals surface area contributed by atoms with E-state index in [9.17, 15) is 4.79 Å². The van der Waals surface area contributed by atoms with Gasteiger partial charge < -0.3 is 10.1 Å². The van der Waals surface area contributed by atoms with Gasteiger partial charge >= 0.3 is 0 Å². The van der Waals surface area contributed by atoms with Gasteiger partial charge in [-0.3, -0.25) is 4.79 Å². The van der Waals surface area contributed by atoms with Crippen molar-refractivity contribution in [1.82, 2.24) is 4.98 Å². The van der Waals surface area contributed by atoms with Gasteiger partial charge in [0.15, 0.2) is 18.2 Å². The molecule has 0 aliphatic carbocycles. The summed E-state index contributed by atoms with van der Waals surface area (Å²) in [6.07, 6.45) is 1.75. The summed E-state index contributed by atoms with van der Waals surface area (Å²) in [6, 6.07) is 9.99. The third-order valence-electron chi connectivity index (χ3n) is 2.93. The molecule has 0 atom stereocenters. The lowest BCUT2D eigenvalue weighted by Gasteiger charge is -2.17. The van der Waals surface area contributed by atoms with Crippen LogP contribution in [0.4, 0.5) is 5.82 Å². The molecule has 2 heterocycles. The zero-order chi connectivity index (χ0) is 12.5. The Bertz CT molecular complexity index is 623. The summed E-state index contributed by atoms with van der Waals surface area (Å²) in [4.78, 5) is 15.4. The van der Waals surface area contributed by atoms with Crippen molar-refractivity contribution in [3.63, 3.8) is 0 Å². The molecule has 3 rings (SSSR count). The second-order valence-corrected chi connectivity index (χ2v) is 4.22. The van der Waals surface area contributed by atoms with E-state index in [1.807, 2.05) is 24.3 Å². The van der Waals surface area contributed by atoms with Crippen molar-refractivity contribution in [2.24, 2.45) is 0 Å². The lowest BCUT2D eigenvalue weighted by atomic mass is 10.0. The van der Waals surface area contributed by atoms with E-state index in [4.69, 9.17) is 4.74 Å². The van der Waals surface area contributed by atoms with E-state index in [2.05, 4.69) is 23.3 Å². The van der Waals surface area contributed by atoms with Crippen molar-refractivity contribution in [2.75, 3.05) is 11.9 Å². The summed E-state index contributed by atoms with van der Waals surface area (Å²) in [5.41, 5.74) is 3.29. The number of pyridine rings is 1. The number of anilines is 1. The molecule has 1 N–H and O–H groups in total. The number of nitrogens with one attached hydrogen (secondary N) is 1. The largest absolute Gasteiger partial charge is 0.480 e. The highest BCUT2D eigenvalue weighted by atomic mass is 16.5. The van der Waals surface area contributed by atoms with Gasteiger partial charge in [-0.1, -0.05) is 24.3 Å². The van der Waals surface area contributed by atoms with E-state index in [1.165, 1.54) is 5.56 Å². The van der Waals surface area contributed by atoms with Crippen LogP contribution < -0.4 is 10.1 Å². The van der Waals surface area contributed by atoms with E-state index in [1.54, 1.807) is 6.20 Å². The average molecular weight is 240 g/mol. The third-order valence-corrected chi connectivity index (χ3v) is 2.93. The smallest absolute Gasteiger partial charge is 0.263 e. The number of aromatic nitrogens is 1.